The molecule has 1 amide bonds. The van der Waals surface area contributed by atoms with E-state index in [2.05, 4.69) is 21.1 Å². The van der Waals surface area contributed by atoms with Crippen LogP contribution in [0.1, 0.15) is 38.8 Å². The lowest BCUT2D eigenvalue weighted by atomic mass is 9.99. The zero-order valence-corrected chi connectivity index (χ0v) is 17.2. The zero-order valence-electron chi connectivity index (χ0n) is 15.6. The van der Waals surface area contributed by atoms with Gasteiger partial charge in [0.1, 0.15) is 0 Å². The van der Waals surface area contributed by atoms with Crippen LogP contribution in [0.25, 0.3) is 10.7 Å². The molecule has 0 aromatic carbocycles. The number of rotatable bonds is 4. The maximum absolute atomic E-state index is 12.9. The number of nitrogens with zero attached hydrogens (tertiary/aromatic N) is 4. The number of aryl methyl sites for hydroxylation is 2. The average molecular weight is 415 g/mol. The molecular weight excluding hydrogens is 392 g/mol. The lowest BCUT2D eigenvalue weighted by Crippen LogP contribution is -2.48. The van der Waals surface area contributed by atoms with Gasteiger partial charge in [0.2, 0.25) is 11.7 Å². The minimum Gasteiger partial charge on any atom is -0.338 e. The highest BCUT2D eigenvalue weighted by molar-refractivity contribution is 7.14. The minimum atomic E-state index is 0.192. The first-order valence-corrected chi connectivity index (χ1v) is 11.5. The Kier molecular flexibility index (Phi) is 5.00. The van der Waals surface area contributed by atoms with E-state index >= 15 is 0 Å². The van der Waals surface area contributed by atoms with Gasteiger partial charge in [-0.3, -0.25) is 9.69 Å². The number of amides is 1. The molecule has 4 heterocycles. The van der Waals surface area contributed by atoms with E-state index in [0.29, 0.717) is 18.3 Å². The Labute approximate surface area is 171 Å². The summed E-state index contributed by atoms with van der Waals surface area (Å²) in [6.07, 6.45) is 4.77. The number of aromatic nitrogens is 2. The van der Waals surface area contributed by atoms with Gasteiger partial charge in [-0.25, -0.2) is 0 Å². The van der Waals surface area contributed by atoms with Crippen molar-refractivity contribution in [1.82, 2.24) is 19.9 Å². The molecule has 0 spiro atoms. The van der Waals surface area contributed by atoms with Crippen LogP contribution in [0.2, 0.25) is 0 Å². The van der Waals surface area contributed by atoms with Gasteiger partial charge in [0.15, 0.2) is 0 Å². The summed E-state index contributed by atoms with van der Waals surface area (Å²) in [6, 6.07) is 6.11. The summed E-state index contributed by atoms with van der Waals surface area (Å²) >= 11 is 3.31. The first-order chi connectivity index (χ1) is 13.8. The van der Waals surface area contributed by atoms with E-state index in [9.17, 15) is 4.79 Å². The molecule has 0 radical (unpaired) electrons. The fourth-order valence-corrected chi connectivity index (χ4v) is 5.75. The Morgan fingerprint density at radius 1 is 1.18 bits per heavy atom. The van der Waals surface area contributed by atoms with Gasteiger partial charge in [0.05, 0.1) is 16.3 Å². The molecule has 0 atom stereocenters. The second-order valence-corrected chi connectivity index (χ2v) is 9.41. The van der Waals surface area contributed by atoms with Crippen LogP contribution in [0.4, 0.5) is 0 Å². The Morgan fingerprint density at radius 3 is 2.82 bits per heavy atom. The maximum Gasteiger partial charge on any atom is 0.264 e. The molecule has 6 nitrogen and oxygen atoms in total. The number of fused-ring (bicyclic) bond motifs is 1. The van der Waals surface area contributed by atoms with Crippen molar-refractivity contribution in [2.24, 2.45) is 0 Å². The third kappa shape index (κ3) is 3.64. The van der Waals surface area contributed by atoms with Crippen molar-refractivity contribution in [3.05, 3.63) is 44.8 Å². The van der Waals surface area contributed by atoms with E-state index < -0.39 is 0 Å². The van der Waals surface area contributed by atoms with Gasteiger partial charge in [0, 0.05) is 31.1 Å². The quantitative estimate of drug-likeness (QED) is 0.651. The van der Waals surface area contributed by atoms with Crippen molar-refractivity contribution >= 4 is 28.6 Å². The number of hydrogen-bond donors (Lipinski definition) is 0. The zero-order chi connectivity index (χ0) is 18.9. The van der Waals surface area contributed by atoms with Crippen LogP contribution >= 0.6 is 22.7 Å². The van der Waals surface area contributed by atoms with Gasteiger partial charge in [-0.1, -0.05) is 11.2 Å². The molecule has 0 bridgehead atoms. The molecule has 0 unspecified atom stereocenters. The number of carbonyl (C=O) groups excluding carboxylic acids is 1. The van der Waals surface area contributed by atoms with Crippen LogP contribution < -0.4 is 0 Å². The third-order valence-electron chi connectivity index (χ3n) is 5.44. The Hall–Kier alpha value is -2.03. The second-order valence-electron chi connectivity index (χ2n) is 7.32. The molecule has 146 valence electrons. The lowest BCUT2D eigenvalue weighted by molar-refractivity contribution is 0.0619. The van der Waals surface area contributed by atoms with E-state index in [0.717, 1.165) is 48.8 Å². The van der Waals surface area contributed by atoms with E-state index in [4.69, 9.17) is 4.52 Å². The molecule has 1 fully saturated rings. The van der Waals surface area contributed by atoms with Crippen LogP contribution in [0.3, 0.4) is 0 Å². The number of piperazine rings is 1. The Bertz CT molecular complexity index is 931. The molecule has 8 heteroatoms. The Morgan fingerprint density at radius 2 is 2.04 bits per heavy atom. The smallest absolute Gasteiger partial charge is 0.264 e. The fourth-order valence-electron chi connectivity index (χ4n) is 3.88. The first kappa shape index (κ1) is 18.0. The van der Waals surface area contributed by atoms with Gasteiger partial charge in [-0.2, -0.15) is 4.98 Å². The van der Waals surface area contributed by atoms with Crippen LogP contribution in [0.15, 0.2) is 28.1 Å². The molecule has 2 aliphatic rings. The van der Waals surface area contributed by atoms with Gasteiger partial charge in [-0.05, 0) is 48.8 Å². The van der Waals surface area contributed by atoms with Gasteiger partial charge in [0.25, 0.3) is 5.91 Å². The highest BCUT2D eigenvalue weighted by Crippen LogP contribution is 2.30. The Balaban J connectivity index is 1.17. The summed E-state index contributed by atoms with van der Waals surface area (Å²) in [4.78, 5) is 25.0. The van der Waals surface area contributed by atoms with E-state index in [1.807, 2.05) is 22.4 Å². The first-order valence-electron chi connectivity index (χ1n) is 9.76. The highest BCUT2D eigenvalue weighted by Gasteiger charge is 2.26. The SMILES string of the molecule is O=C(c1cc2c(s1)CCCC2)N1CCN(Cc2nc(-c3cccs3)no2)CC1. The molecule has 3 aromatic heterocycles. The molecule has 0 saturated carbocycles. The molecule has 1 aliphatic heterocycles. The van der Waals surface area contributed by atoms with Crippen molar-refractivity contribution in [2.75, 3.05) is 26.2 Å². The molecular formula is C20H22N4O2S2. The summed E-state index contributed by atoms with van der Waals surface area (Å²) in [7, 11) is 0. The summed E-state index contributed by atoms with van der Waals surface area (Å²) in [5, 5.41) is 6.08. The fraction of sp³-hybridized carbons (Fsp3) is 0.450. The summed E-state index contributed by atoms with van der Waals surface area (Å²) in [5.74, 6) is 1.48. The van der Waals surface area contributed by atoms with Crippen molar-refractivity contribution in [3.63, 3.8) is 0 Å². The summed E-state index contributed by atoms with van der Waals surface area (Å²) in [5.41, 5.74) is 1.40. The lowest BCUT2D eigenvalue weighted by Gasteiger charge is -2.33. The standard InChI is InChI=1S/C20H22N4O2S2/c25-20(17-12-14-4-1-2-5-15(14)28-17)24-9-7-23(8-10-24)13-18-21-19(22-26-18)16-6-3-11-27-16/h3,6,11-12H,1-2,4-5,7-10,13H2. The second kappa shape index (κ2) is 7.77. The van der Waals surface area contributed by atoms with Crippen LogP contribution in [-0.4, -0.2) is 52.0 Å². The minimum absolute atomic E-state index is 0.192. The van der Waals surface area contributed by atoms with E-state index in [1.165, 1.54) is 23.3 Å². The molecule has 1 aliphatic carbocycles. The molecule has 5 rings (SSSR count). The monoisotopic (exact) mass is 414 g/mol. The largest absolute Gasteiger partial charge is 0.338 e. The van der Waals surface area contributed by atoms with Crippen LogP contribution in [0.5, 0.6) is 0 Å². The number of thiophene rings is 2. The van der Waals surface area contributed by atoms with Crippen molar-refractivity contribution in [2.45, 2.75) is 32.2 Å². The molecule has 1 saturated heterocycles. The molecule has 28 heavy (non-hydrogen) atoms. The number of carbonyl (C=O) groups is 1. The van der Waals surface area contributed by atoms with Crippen LogP contribution in [0, 0.1) is 0 Å². The van der Waals surface area contributed by atoms with Gasteiger partial charge in [-0.15, -0.1) is 22.7 Å². The van der Waals surface area contributed by atoms with Gasteiger partial charge >= 0.3 is 0 Å². The highest BCUT2D eigenvalue weighted by atomic mass is 32.1. The predicted molar refractivity (Wildman–Crippen MR) is 110 cm³/mol. The van der Waals surface area contributed by atoms with Crippen molar-refractivity contribution in [3.8, 4) is 10.7 Å². The predicted octanol–water partition coefficient (Wildman–Crippen LogP) is 3.70. The molecule has 3 aromatic rings. The summed E-state index contributed by atoms with van der Waals surface area (Å²) < 4.78 is 5.41. The summed E-state index contributed by atoms with van der Waals surface area (Å²) in [6.45, 7) is 3.77. The van der Waals surface area contributed by atoms with E-state index in [1.54, 1.807) is 22.7 Å². The number of hydrogen-bond acceptors (Lipinski definition) is 7. The van der Waals surface area contributed by atoms with Crippen LogP contribution in [-0.2, 0) is 19.4 Å². The van der Waals surface area contributed by atoms with Crippen molar-refractivity contribution < 1.29 is 9.32 Å². The van der Waals surface area contributed by atoms with Gasteiger partial charge < -0.3 is 9.42 Å². The average Bonchev–Trinajstić information content (AvgIpc) is 3.47. The third-order valence-corrected chi connectivity index (χ3v) is 7.53. The molecule has 0 N–H and O–H groups in total. The van der Waals surface area contributed by atoms with Crippen molar-refractivity contribution in [1.29, 1.82) is 0 Å². The van der Waals surface area contributed by atoms with E-state index in [-0.39, 0.29) is 5.91 Å². The normalized spacial score (nSPS) is 17.6. The maximum atomic E-state index is 12.9. The topological polar surface area (TPSA) is 62.5 Å².